The second-order valence-corrected chi connectivity index (χ2v) is 9.27. The quantitative estimate of drug-likeness (QED) is 0.260. The molecule has 0 aliphatic carbocycles. The van der Waals surface area contributed by atoms with E-state index in [1.54, 1.807) is 42.9 Å². The first-order chi connectivity index (χ1) is 18.1. The van der Waals surface area contributed by atoms with Gasteiger partial charge in [0.1, 0.15) is 34.0 Å². The van der Waals surface area contributed by atoms with Crippen molar-refractivity contribution in [2.24, 2.45) is 0 Å². The number of ether oxygens (including phenoxy) is 3. The van der Waals surface area contributed by atoms with E-state index in [9.17, 15) is 9.59 Å². The third-order valence-corrected chi connectivity index (χ3v) is 6.49. The Morgan fingerprint density at radius 3 is 2.32 bits per heavy atom. The second kappa shape index (κ2) is 11.1. The zero-order chi connectivity index (χ0) is 25.6. The number of aryl methyl sites for hydroxylation is 1. The van der Waals surface area contributed by atoms with Crippen LogP contribution in [0, 0.1) is 0 Å². The van der Waals surface area contributed by atoms with Gasteiger partial charge < -0.3 is 14.2 Å². The number of thioether (sulfide) groups is 1. The Morgan fingerprint density at radius 1 is 0.865 bits per heavy atom. The lowest BCUT2D eigenvalue weighted by Crippen LogP contribution is -2.20. The van der Waals surface area contributed by atoms with Crippen LogP contribution in [0.15, 0.2) is 85.3 Å². The minimum Gasteiger partial charge on any atom is -0.457 e. The average Bonchev–Trinajstić information content (AvgIpc) is 3.25. The standard InChI is InChI=1S/C28H23N3O5S/c1-2-4-19-15-23(36-25-17-29-13-14-30-25)11-12-24(19)35-22-6-3-5-21(16-22)34-20-9-7-18(8-10-20)26-27(32)31-28(33)37-26/h3,5-17,26H,2,4H2,1H3,(H,31,32,33). The normalized spacial score (nSPS) is 14.8. The Kier molecular flexibility index (Phi) is 7.32. The lowest BCUT2D eigenvalue weighted by atomic mass is 10.1. The molecule has 0 bridgehead atoms. The van der Waals surface area contributed by atoms with Gasteiger partial charge in [0, 0.05) is 18.5 Å². The van der Waals surface area contributed by atoms with Crippen molar-refractivity contribution in [1.82, 2.24) is 15.3 Å². The number of nitrogens with zero attached hydrogens (tertiary/aromatic N) is 2. The number of carbonyl (C=O) groups excluding carboxylic acids is 2. The third kappa shape index (κ3) is 6.07. The largest absolute Gasteiger partial charge is 0.457 e. The monoisotopic (exact) mass is 513 g/mol. The van der Waals surface area contributed by atoms with Crippen molar-refractivity contribution in [2.45, 2.75) is 25.0 Å². The van der Waals surface area contributed by atoms with Crippen LogP contribution in [-0.4, -0.2) is 21.1 Å². The Bertz CT molecular complexity index is 1410. The van der Waals surface area contributed by atoms with Gasteiger partial charge in [0.25, 0.3) is 5.24 Å². The number of amides is 2. The van der Waals surface area contributed by atoms with Gasteiger partial charge in [-0.15, -0.1) is 0 Å². The van der Waals surface area contributed by atoms with Gasteiger partial charge in [0.05, 0.1) is 6.20 Å². The number of aromatic nitrogens is 2. The molecule has 1 aliphatic heterocycles. The molecule has 1 atom stereocenters. The van der Waals surface area contributed by atoms with Crippen molar-refractivity contribution in [2.75, 3.05) is 0 Å². The van der Waals surface area contributed by atoms with Crippen LogP contribution in [0.3, 0.4) is 0 Å². The van der Waals surface area contributed by atoms with Gasteiger partial charge in [-0.1, -0.05) is 31.5 Å². The van der Waals surface area contributed by atoms with Crippen LogP contribution in [0.5, 0.6) is 34.6 Å². The predicted octanol–water partition coefficient (Wildman–Crippen LogP) is 6.83. The summed E-state index contributed by atoms with van der Waals surface area (Å²) in [5.74, 6) is 3.36. The van der Waals surface area contributed by atoms with Gasteiger partial charge in [-0.25, -0.2) is 4.98 Å². The topological polar surface area (TPSA) is 99.6 Å². The highest BCUT2D eigenvalue weighted by molar-refractivity contribution is 8.15. The zero-order valence-electron chi connectivity index (χ0n) is 19.9. The van der Waals surface area contributed by atoms with Gasteiger partial charge in [-0.3, -0.25) is 19.9 Å². The van der Waals surface area contributed by atoms with E-state index >= 15 is 0 Å². The van der Waals surface area contributed by atoms with Crippen LogP contribution in [0.25, 0.3) is 0 Å². The molecular weight excluding hydrogens is 490 g/mol. The maximum atomic E-state index is 11.9. The maximum Gasteiger partial charge on any atom is 0.286 e. The van der Waals surface area contributed by atoms with Crippen LogP contribution < -0.4 is 19.5 Å². The molecule has 1 fully saturated rings. The molecule has 37 heavy (non-hydrogen) atoms. The number of hydrogen-bond acceptors (Lipinski definition) is 8. The van der Waals surface area contributed by atoms with Crippen molar-refractivity contribution in [3.05, 3.63) is 96.4 Å². The molecule has 1 unspecified atom stereocenters. The number of rotatable bonds is 9. The summed E-state index contributed by atoms with van der Waals surface area (Å²) in [4.78, 5) is 31.5. The molecule has 2 amide bonds. The van der Waals surface area contributed by atoms with E-state index in [4.69, 9.17) is 14.2 Å². The van der Waals surface area contributed by atoms with Gasteiger partial charge in [-0.2, -0.15) is 0 Å². The summed E-state index contributed by atoms with van der Waals surface area (Å²) in [7, 11) is 0. The Balaban J connectivity index is 1.28. The van der Waals surface area contributed by atoms with Crippen molar-refractivity contribution in [1.29, 1.82) is 0 Å². The van der Waals surface area contributed by atoms with Crippen LogP contribution in [0.1, 0.15) is 29.7 Å². The summed E-state index contributed by atoms with van der Waals surface area (Å²) in [6.07, 6.45) is 6.50. The van der Waals surface area contributed by atoms with Gasteiger partial charge >= 0.3 is 0 Å². The first kappa shape index (κ1) is 24.3. The van der Waals surface area contributed by atoms with Crippen molar-refractivity contribution >= 4 is 22.9 Å². The number of imide groups is 1. The molecule has 0 radical (unpaired) electrons. The molecule has 1 saturated heterocycles. The van der Waals surface area contributed by atoms with Crippen LogP contribution >= 0.6 is 11.8 Å². The smallest absolute Gasteiger partial charge is 0.286 e. The molecular formula is C28H23N3O5S. The zero-order valence-corrected chi connectivity index (χ0v) is 20.7. The summed E-state index contributed by atoms with van der Waals surface area (Å²) in [6, 6.07) is 20.1. The molecule has 186 valence electrons. The molecule has 1 N–H and O–H groups in total. The Labute approximate surface area is 218 Å². The molecule has 9 heteroatoms. The molecule has 1 aliphatic rings. The van der Waals surface area contributed by atoms with E-state index in [1.165, 1.54) is 0 Å². The predicted molar refractivity (Wildman–Crippen MR) is 139 cm³/mol. The lowest BCUT2D eigenvalue weighted by molar-refractivity contribution is -0.119. The maximum absolute atomic E-state index is 11.9. The molecule has 4 aromatic rings. The Morgan fingerprint density at radius 2 is 1.62 bits per heavy atom. The van der Waals surface area contributed by atoms with E-state index in [-0.39, 0.29) is 11.1 Å². The summed E-state index contributed by atoms with van der Waals surface area (Å²) in [5.41, 5.74) is 1.76. The van der Waals surface area contributed by atoms with Crippen LogP contribution in [0.2, 0.25) is 0 Å². The number of benzene rings is 3. The summed E-state index contributed by atoms with van der Waals surface area (Å²) in [6.45, 7) is 2.11. The highest BCUT2D eigenvalue weighted by atomic mass is 32.2. The summed E-state index contributed by atoms with van der Waals surface area (Å²) >= 11 is 0.974. The van der Waals surface area contributed by atoms with Crippen molar-refractivity contribution < 1.29 is 23.8 Å². The molecule has 1 aromatic heterocycles. The minimum absolute atomic E-state index is 0.302. The van der Waals surface area contributed by atoms with E-state index in [0.29, 0.717) is 28.9 Å². The van der Waals surface area contributed by atoms with Crippen molar-refractivity contribution in [3.8, 4) is 34.6 Å². The number of nitrogens with one attached hydrogen (secondary N) is 1. The number of carbonyl (C=O) groups is 2. The molecule has 0 spiro atoms. The Hall–Kier alpha value is -4.37. The van der Waals surface area contributed by atoms with Crippen LogP contribution in [0.4, 0.5) is 4.79 Å². The molecule has 3 aromatic carbocycles. The van der Waals surface area contributed by atoms with Crippen molar-refractivity contribution in [3.63, 3.8) is 0 Å². The molecule has 0 saturated carbocycles. The van der Waals surface area contributed by atoms with Gasteiger partial charge in [-0.05, 0) is 71.8 Å². The lowest BCUT2D eigenvalue weighted by Gasteiger charge is -2.14. The molecule has 2 heterocycles. The summed E-state index contributed by atoms with van der Waals surface area (Å²) in [5, 5.41) is 1.43. The average molecular weight is 514 g/mol. The van der Waals surface area contributed by atoms with E-state index < -0.39 is 5.25 Å². The summed E-state index contributed by atoms with van der Waals surface area (Å²) < 4.78 is 18.0. The fourth-order valence-corrected chi connectivity index (χ4v) is 4.63. The molecule has 8 nitrogen and oxygen atoms in total. The first-order valence-electron chi connectivity index (χ1n) is 11.7. The third-order valence-electron chi connectivity index (χ3n) is 5.45. The van der Waals surface area contributed by atoms with Gasteiger partial charge in [0.15, 0.2) is 0 Å². The fourth-order valence-electron chi connectivity index (χ4n) is 3.79. The highest BCUT2D eigenvalue weighted by Gasteiger charge is 2.32. The first-order valence-corrected chi connectivity index (χ1v) is 12.6. The number of hydrogen-bond donors (Lipinski definition) is 1. The minimum atomic E-state index is -0.534. The van der Waals surface area contributed by atoms with E-state index in [2.05, 4.69) is 22.2 Å². The van der Waals surface area contributed by atoms with E-state index in [1.807, 2.05) is 42.5 Å². The highest BCUT2D eigenvalue weighted by Crippen LogP contribution is 2.36. The van der Waals surface area contributed by atoms with Gasteiger partial charge in [0.2, 0.25) is 11.8 Å². The van der Waals surface area contributed by atoms with Crippen LogP contribution in [-0.2, 0) is 11.2 Å². The molecule has 5 rings (SSSR count). The SMILES string of the molecule is CCCc1cc(Oc2cnccn2)ccc1Oc1cccc(Oc2ccc(C3SC(=O)NC3=O)cc2)c1. The fraction of sp³-hybridized carbons (Fsp3) is 0.143. The van der Waals surface area contributed by atoms with E-state index in [0.717, 1.165) is 41.5 Å². The second-order valence-electron chi connectivity index (χ2n) is 8.19.